The number of rotatable bonds is 3. The standard InChI is InChI=1S/C16H15N5/c1-21(17)12-7-10-19-15(11-12)16-13(5-4-9-20-16)14-6-2-3-8-18-14/h2-11H,17H2,1H3. The van der Waals surface area contributed by atoms with Crippen molar-refractivity contribution in [3.05, 3.63) is 61.1 Å². The topological polar surface area (TPSA) is 67.9 Å². The SMILES string of the molecule is CN(N)c1ccnc(-c2ncccc2-c2ccccn2)c1. The summed E-state index contributed by atoms with van der Waals surface area (Å²) in [6.07, 6.45) is 5.25. The second-order valence-electron chi connectivity index (χ2n) is 4.62. The van der Waals surface area contributed by atoms with Crippen molar-refractivity contribution in [2.45, 2.75) is 0 Å². The van der Waals surface area contributed by atoms with Gasteiger partial charge in [0, 0.05) is 31.2 Å². The van der Waals surface area contributed by atoms with Crippen LogP contribution >= 0.6 is 0 Å². The highest BCUT2D eigenvalue weighted by atomic mass is 15.4. The summed E-state index contributed by atoms with van der Waals surface area (Å²) >= 11 is 0. The molecule has 5 nitrogen and oxygen atoms in total. The lowest BCUT2D eigenvalue weighted by Gasteiger charge is -2.13. The third kappa shape index (κ3) is 2.73. The Labute approximate surface area is 123 Å². The molecule has 0 bridgehead atoms. The maximum absolute atomic E-state index is 5.78. The Kier molecular flexibility index (Phi) is 3.57. The van der Waals surface area contributed by atoms with Gasteiger partial charge in [-0.1, -0.05) is 6.07 Å². The second kappa shape index (κ2) is 5.68. The number of hydrogen-bond donors (Lipinski definition) is 1. The van der Waals surface area contributed by atoms with E-state index in [0.717, 1.165) is 28.3 Å². The molecule has 0 amide bonds. The average molecular weight is 277 g/mol. The summed E-state index contributed by atoms with van der Waals surface area (Å²) in [5, 5.41) is 1.55. The van der Waals surface area contributed by atoms with Gasteiger partial charge >= 0.3 is 0 Å². The Bertz CT molecular complexity index is 740. The monoisotopic (exact) mass is 277 g/mol. The van der Waals surface area contributed by atoms with E-state index in [1.807, 2.05) is 42.5 Å². The number of anilines is 1. The van der Waals surface area contributed by atoms with Crippen LogP contribution in [0.4, 0.5) is 5.69 Å². The molecule has 0 atom stereocenters. The summed E-state index contributed by atoms with van der Waals surface area (Å²) in [6.45, 7) is 0. The lowest BCUT2D eigenvalue weighted by Crippen LogP contribution is -2.24. The van der Waals surface area contributed by atoms with Gasteiger partial charge in [-0.25, -0.2) is 5.84 Å². The van der Waals surface area contributed by atoms with Crippen LogP contribution in [0, 0.1) is 0 Å². The number of nitrogens with two attached hydrogens (primary N) is 1. The largest absolute Gasteiger partial charge is 0.314 e. The van der Waals surface area contributed by atoms with Crippen LogP contribution in [0.15, 0.2) is 61.1 Å². The molecule has 3 aromatic heterocycles. The number of hydrogen-bond acceptors (Lipinski definition) is 5. The molecule has 0 saturated heterocycles. The number of nitrogens with zero attached hydrogens (tertiary/aromatic N) is 4. The molecule has 0 spiro atoms. The Morgan fingerprint density at radius 2 is 1.67 bits per heavy atom. The van der Waals surface area contributed by atoms with Crippen molar-refractivity contribution in [3.8, 4) is 22.6 Å². The molecular weight excluding hydrogens is 262 g/mol. The van der Waals surface area contributed by atoms with Gasteiger partial charge in [0.05, 0.1) is 22.8 Å². The Morgan fingerprint density at radius 3 is 2.43 bits per heavy atom. The minimum atomic E-state index is 0.769. The predicted molar refractivity (Wildman–Crippen MR) is 83.3 cm³/mol. The van der Waals surface area contributed by atoms with Crippen molar-refractivity contribution in [3.63, 3.8) is 0 Å². The lowest BCUT2D eigenvalue weighted by molar-refractivity contribution is 1.01. The summed E-state index contributed by atoms with van der Waals surface area (Å²) in [5.74, 6) is 5.78. The molecule has 0 aliphatic heterocycles. The average Bonchev–Trinajstić information content (AvgIpc) is 2.56. The number of pyridine rings is 3. The zero-order chi connectivity index (χ0) is 14.7. The van der Waals surface area contributed by atoms with Crippen molar-refractivity contribution in [1.82, 2.24) is 15.0 Å². The first-order valence-corrected chi connectivity index (χ1v) is 6.57. The fourth-order valence-corrected chi connectivity index (χ4v) is 2.11. The zero-order valence-electron chi connectivity index (χ0n) is 11.6. The highest BCUT2D eigenvalue weighted by Gasteiger charge is 2.11. The van der Waals surface area contributed by atoms with E-state index in [4.69, 9.17) is 5.84 Å². The summed E-state index contributed by atoms with van der Waals surface area (Å²) in [5.41, 5.74) is 4.25. The van der Waals surface area contributed by atoms with Gasteiger partial charge in [-0.05, 0) is 36.4 Å². The van der Waals surface area contributed by atoms with Crippen LogP contribution < -0.4 is 10.9 Å². The first-order valence-electron chi connectivity index (χ1n) is 6.57. The van der Waals surface area contributed by atoms with Crippen LogP contribution in [0.3, 0.4) is 0 Å². The van der Waals surface area contributed by atoms with Gasteiger partial charge in [0.1, 0.15) is 0 Å². The maximum Gasteiger partial charge on any atom is 0.0980 e. The van der Waals surface area contributed by atoms with E-state index in [9.17, 15) is 0 Å². The van der Waals surface area contributed by atoms with Gasteiger partial charge in [0.15, 0.2) is 0 Å². The van der Waals surface area contributed by atoms with Crippen LogP contribution in [0.5, 0.6) is 0 Å². The second-order valence-corrected chi connectivity index (χ2v) is 4.62. The third-order valence-electron chi connectivity index (χ3n) is 3.14. The van der Waals surface area contributed by atoms with Crippen LogP contribution in [-0.2, 0) is 0 Å². The van der Waals surface area contributed by atoms with Gasteiger partial charge < -0.3 is 5.01 Å². The van der Waals surface area contributed by atoms with Gasteiger partial charge in [-0.2, -0.15) is 0 Å². The van der Waals surface area contributed by atoms with E-state index >= 15 is 0 Å². The molecule has 104 valence electrons. The summed E-state index contributed by atoms with van der Waals surface area (Å²) < 4.78 is 0. The summed E-state index contributed by atoms with van der Waals surface area (Å²) in [7, 11) is 1.79. The minimum absolute atomic E-state index is 0.769. The van der Waals surface area contributed by atoms with Crippen molar-refractivity contribution in [2.75, 3.05) is 12.1 Å². The quantitative estimate of drug-likeness (QED) is 0.588. The molecule has 3 heterocycles. The number of aromatic nitrogens is 3. The van der Waals surface area contributed by atoms with Crippen molar-refractivity contribution in [1.29, 1.82) is 0 Å². The summed E-state index contributed by atoms with van der Waals surface area (Å²) in [4.78, 5) is 13.3. The molecule has 3 aromatic rings. The Balaban J connectivity index is 2.14. The fraction of sp³-hybridized carbons (Fsp3) is 0.0625. The molecule has 0 aliphatic carbocycles. The molecule has 0 aliphatic rings. The molecule has 0 unspecified atom stereocenters. The maximum atomic E-state index is 5.78. The lowest BCUT2D eigenvalue weighted by atomic mass is 10.1. The molecule has 0 fully saturated rings. The van der Waals surface area contributed by atoms with E-state index in [1.54, 1.807) is 30.6 Å². The van der Waals surface area contributed by atoms with Crippen LogP contribution in [0.25, 0.3) is 22.6 Å². The van der Waals surface area contributed by atoms with E-state index in [0.29, 0.717) is 0 Å². The van der Waals surface area contributed by atoms with Crippen molar-refractivity contribution in [2.24, 2.45) is 5.84 Å². The van der Waals surface area contributed by atoms with Crippen molar-refractivity contribution < 1.29 is 0 Å². The normalized spacial score (nSPS) is 10.4. The van der Waals surface area contributed by atoms with E-state index < -0.39 is 0 Å². The summed E-state index contributed by atoms with van der Waals surface area (Å²) in [6, 6.07) is 13.5. The molecule has 2 N–H and O–H groups in total. The Morgan fingerprint density at radius 1 is 0.857 bits per heavy atom. The van der Waals surface area contributed by atoms with Gasteiger partial charge in [-0.15, -0.1) is 0 Å². The number of hydrazine groups is 1. The smallest absolute Gasteiger partial charge is 0.0980 e. The van der Waals surface area contributed by atoms with E-state index in [2.05, 4.69) is 15.0 Å². The van der Waals surface area contributed by atoms with Crippen LogP contribution in [0.1, 0.15) is 0 Å². The van der Waals surface area contributed by atoms with Gasteiger partial charge in [0.25, 0.3) is 0 Å². The van der Waals surface area contributed by atoms with E-state index in [-0.39, 0.29) is 0 Å². The molecular formula is C16H15N5. The molecule has 21 heavy (non-hydrogen) atoms. The molecule has 0 saturated carbocycles. The van der Waals surface area contributed by atoms with Crippen LogP contribution in [0.2, 0.25) is 0 Å². The predicted octanol–water partition coefficient (Wildman–Crippen LogP) is 2.52. The fourth-order valence-electron chi connectivity index (χ4n) is 2.11. The Hall–Kier alpha value is -2.79. The molecule has 0 radical (unpaired) electrons. The molecule has 3 rings (SSSR count). The zero-order valence-corrected chi connectivity index (χ0v) is 11.6. The minimum Gasteiger partial charge on any atom is -0.314 e. The van der Waals surface area contributed by atoms with Gasteiger partial charge in [-0.3, -0.25) is 15.0 Å². The molecule has 0 aromatic carbocycles. The van der Waals surface area contributed by atoms with Crippen LogP contribution in [-0.4, -0.2) is 22.0 Å². The van der Waals surface area contributed by atoms with Gasteiger partial charge in [0.2, 0.25) is 0 Å². The van der Waals surface area contributed by atoms with Crippen molar-refractivity contribution >= 4 is 5.69 Å². The molecule has 5 heteroatoms. The highest BCUT2D eigenvalue weighted by molar-refractivity contribution is 5.78. The van der Waals surface area contributed by atoms with E-state index in [1.165, 1.54) is 0 Å². The first kappa shape index (κ1) is 13.2. The highest BCUT2D eigenvalue weighted by Crippen LogP contribution is 2.28. The third-order valence-corrected chi connectivity index (χ3v) is 3.14. The first-order chi connectivity index (χ1) is 10.3.